The van der Waals surface area contributed by atoms with Crippen LogP contribution in [0.4, 0.5) is 5.69 Å². The van der Waals surface area contributed by atoms with E-state index in [2.05, 4.69) is 16.2 Å². The fourth-order valence-corrected chi connectivity index (χ4v) is 2.11. The molecular formula is C13H15N5O2. The number of aromatic carboxylic acids is 1. The monoisotopic (exact) mass is 273 g/mol. The van der Waals surface area contributed by atoms with Crippen molar-refractivity contribution in [2.45, 2.75) is 19.4 Å². The molecule has 20 heavy (non-hydrogen) atoms. The fourth-order valence-electron chi connectivity index (χ4n) is 2.11. The first kappa shape index (κ1) is 13.8. The zero-order valence-corrected chi connectivity index (χ0v) is 11.5. The number of nitrogens with zero attached hydrogens (tertiary/aromatic N) is 5. The number of carboxylic acids is 1. The molecule has 2 aromatic rings. The highest BCUT2D eigenvalue weighted by molar-refractivity contribution is 6.03. The third-order valence-corrected chi connectivity index (χ3v) is 3.36. The molecule has 1 unspecified atom stereocenters. The molecule has 7 heteroatoms. The Morgan fingerprint density at radius 1 is 1.60 bits per heavy atom. The number of aryl methyl sites for hydroxylation is 1. The second kappa shape index (κ2) is 5.17. The number of hydrogen-bond donors (Lipinski definition) is 1. The third-order valence-electron chi connectivity index (χ3n) is 3.36. The lowest BCUT2D eigenvalue weighted by Gasteiger charge is -2.27. The van der Waals surface area contributed by atoms with Crippen LogP contribution in [0.1, 0.15) is 23.7 Å². The van der Waals surface area contributed by atoms with Crippen molar-refractivity contribution in [2.75, 3.05) is 11.9 Å². The number of pyridine rings is 1. The molecule has 2 rings (SSSR count). The quantitative estimate of drug-likeness (QED) is 0.904. The molecule has 1 atom stereocenters. The highest BCUT2D eigenvalue weighted by Gasteiger charge is 2.22. The zero-order valence-electron chi connectivity index (χ0n) is 11.5. The van der Waals surface area contributed by atoms with Gasteiger partial charge < -0.3 is 10.0 Å². The van der Waals surface area contributed by atoms with Crippen LogP contribution in [0.5, 0.6) is 0 Å². The first-order valence-corrected chi connectivity index (χ1v) is 6.11. The molecule has 0 aliphatic rings. The van der Waals surface area contributed by atoms with E-state index in [0.717, 1.165) is 0 Å². The molecule has 0 saturated carbocycles. The maximum absolute atomic E-state index is 11.4. The average Bonchev–Trinajstić information content (AvgIpc) is 2.79. The molecular weight excluding hydrogens is 258 g/mol. The van der Waals surface area contributed by atoms with Gasteiger partial charge in [0.15, 0.2) is 5.65 Å². The molecule has 0 bridgehead atoms. The van der Waals surface area contributed by atoms with Gasteiger partial charge >= 0.3 is 5.97 Å². The molecule has 2 aromatic heterocycles. The van der Waals surface area contributed by atoms with Gasteiger partial charge in [-0.2, -0.15) is 10.4 Å². The lowest BCUT2D eigenvalue weighted by Crippen LogP contribution is -2.30. The lowest BCUT2D eigenvalue weighted by molar-refractivity contribution is 0.0697. The van der Waals surface area contributed by atoms with E-state index in [1.54, 1.807) is 29.9 Å². The SMILES string of the molecule is CC(CC#N)N(C)c1c(C(=O)O)cnc2c1cnn2C. The minimum absolute atomic E-state index is 0.107. The number of carbonyl (C=O) groups is 1. The van der Waals surface area contributed by atoms with Crippen molar-refractivity contribution < 1.29 is 9.90 Å². The zero-order chi connectivity index (χ0) is 14.9. The standard InChI is InChI=1S/C13H15N5O2/c1-8(4-5-14)17(2)11-9-7-16-18(3)12(9)15-6-10(11)13(19)20/h6-8H,4H2,1-3H3,(H,19,20). The molecule has 0 saturated heterocycles. The van der Waals surface area contributed by atoms with E-state index >= 15 is 0 Å². The van der Waals surface area contributed by atoms with Gasteiger partial charge in [-0.1, -0.05) is 0 Å². The summed E-state index contributed by atoms with van der Waals surface area (Å²) in [6.07, 6.45) is 3.23. The van der Waals surface area contributed by atoms with Crippen LogP contribution < -0.4 is 4.90 Å². The molecule has 1 N–H and O–H groups in total. The van der Waals surface area contributed by atoms with Crippen LogP contribution in [0.15, 0.2) is 12.4 Å². The lowest BCUT2D eigenvalue weighted by atomic mass is 10.1. The molecule has 2 heterocycles. The summed E-state index contributed by atoms with van der Waals surface area (Å²) in [5.41, 5.74) is 1.26. The normalized spacial score (nSPS) is 12.1. The molecule has 0 aliphatic carbocycles. The van der Waals surface area contributed by atoms with E-state index in [0.29, 0.717) is 23.1 Å². The summed E-state index contributed by atoms with van der Waals surface area (Å²) in [6, 6.07) is 1.99. The van der Waals surface area contributed by atoms with Crippen LogP contribution in [0, 0.1) is 11.3 Å². The Morgan fingerprint density at radius 2 is 2.30 bits per heavy atom. The molecule has 0 spiro atoms. The average molecular weight is 273 g/mol. The predicted octanol–water partition coefficient (Wildman–Crippen LogP) is 1.40. The maximum atomic E-state index is 11.4. The van der Waals surface area contributed by atoms with Crippen LogP contribution in [0.25, 0.3) is 11.0 Å². The van der Waals surface area contributed by atoms with Gasteiger partial charge in [-0.25, -0.2) is 9.78 Å². The molecule has 0 amide bonds. The minimum Gasteiger partial charge on any atom is -0.478 e. The number of hydrogen-bond acceptors (Lipinski definition) is 5. The van der Waals surface area contributed by atoms with E-state index in [4.69, 9.17) is 5.26 Å². The van der Waals surface area contributed by atoms with Crippen molar-refractivity contribution in [3.63, 3.8) is 0 Å². The van der Waals surface area contributed by atoms with Crippen molar-refractivity contribution in [3.05, 3.63) is 18.0 Å². The number of carboxylic acid groups (broad SMARTS) is 1. The number of anilines is 1. The second-order valence-corrected chi connectivity index (χ2v) is 4.65. The van der Waals surface area contributed by atoms with Crippen LogP contribution in [-0.2, 0) is 7.05 Å². The van der Waals surface area contributed by atoms with Crippen LogP contribution >= 0.6 is 0 Å². The predicted molar refractivity (Wildman–Crippen MR) is 73.6 cm³/mol. The van der Waals surface area contributed by atoms with Gasteiger partial charge in [-0.15, -0.1) is 0 Å². The Labute approximate surface area is 116 Å². The molecule has 0 fully saturated rings. The minimum atomic E-state index is -1.05. The second-order valence-electron chi connectivity index (χ2n) is 4.65. The fraction of sp³-hybridized carbons (Fsp3) is 0.385. The highest BCUT2D eigenvalue weighted by Crippen LogP contribution is 2.30. The Balaban J connectivity index is 2.67. The first-order chi connectivity index (χ1) is 9.47. The van der Waals surface area contributed by atoms with Crippen LogP contribution in [0.3, 0.4) is 0 Å². The topological polar surface area (TPSA) is 95.0 Å². The smallest absolute Gasteiger partial charge is 0.339 e. The van der Waals surface area contributed by atoms with E-state index in [9.17, 15) is 9.90 Å². The largest absolute Gasteiger partial charge is 0.478 e. The Kier molecular flexibility index (Phi) is 3.57. The van der Waals surface area contributed by atoms with Gasteiger partial charge in [-0.3, -0.25) is 4.68 Å². The van der Waals surface area contributed by atoms with Gasteiger partial charge in [-0.05, 0) is 6.92 Å². The van der Waals surface area contributed by atoms with E-state index in [1.165, 1.54) is 6.20 Å². The van der Waals surface area contributed by atoms with Crippen molar-refractivity contribution >= 4 is 22.7 Å². The molecule has 7 nitrogen and oxygen atoms in total. The number of rotatable bonds is 4. The molecule has 0 aliphatic heterocycles. The summed E-state index contributed by atoms with van der Waals surface area (Å²) in [7, 11) is 3.52. The molecule has 0 aromatic carbocycles. The summed E-state index contributed by atoms with van der Waals surface area (Å²) in [4.78, 5) is 17.3. The first-order valence-electron chi connectivity index (χ1n) is 6.11. The summed E-state index contributed by atoms with van der Waals surface area (Å²) in [5.74, 6) is -1.05. The third kappa shape index (κ3) is 2.16. The van der Waals surface area contributed by atoms with Crippen LogP contribution in [-0.4, -0.2) is 38.9 Å². The van der Waals surface area contributed by atoms with Gasteiger partial charge in [0.2, 0.25) is 0 Å². The molecule has 0 radical (unpaired) electrons. The van der Waals surface area contributed by atoms with Crippen molar-refractivity contribution in [3.8, 4) is 6.07 Å². The Morgan fingerprint density at radius 3 is 2.90 bits per heavy atom. The highest BCUT2D eigenvalue weighted by atomic mass is 16.4. The van der Waals surface area contributed by atoms with Gasteiger partial charge in [0, 0.05) is 26.3 Å². The summed E-state index contributed by atoms with van der Waals surface area (Å²) < 4.78 is 1.59. The Bertz CT molecular complexity index is 701. The Hall–Kier alpha value is -2.62. The van der Waals surface area contributed by atoms with Crippen molar-refractivity contribution in [1.29, 1.82) is 5.26 Å². The molecule has 104 valence electrons. The van der Waals surface area contributed by atoms with Gasteiger partial charge in [0.05, 0.1) is 29.8 Å². The van der Waals surface area contributed by atoms with Crippen molar-refractivity contribution in [1.82, 2.24) is 14.8 Å². The number of fused-ring (bicyclic) bond motifs is 1. The van der Waals surface area contributed by atoms with Crippen LogP contribution in [0.2, 0.25) is 0 Å². The number of nitriles is 1. The maximum Gasteiger partial charge on any atom is 0.339 e. The van der Waals surface area contributed by atoms with Crippen molar-refractivity contribution in [2.24, 2.45) is 7.05 Å². The van der Waals surface area contributed by atoms with Gasteiger partial charge in [0.25, 0.3) is 0 Å². The summed E-state index contributed by atoms with van der Waals surface area (Å²) >= 11 is 0. The van der Waals surface area contributed by atoms with E-state index in [-0.39, 0.29) is 11.6 Å². The van der Waals surface area contributed by atoms with E-state index in [1.807, 2.05) is 6.92 Å². The summed E-state index contributed by atoms with van der Waals surface area (Å²) in [6.45, 7) is 1.87. The van der Waals surface area contributed by atoms with Gasteiger partial charge in [0.1, 0.15) is 5.56 Å². The number of aromatic nitrogens is 3. The summed E-state index contributed by atoms with van der Waals surface area (Å²) in [5, 5.41) is 22.9. The van der Waals surface area contributed by atoms with E-state index < -0.39 is 5.97 Å².